The summed E-state index contributed by atoms with van der Waals surface area (Å²) in [6.07, 6.45) is 0.337. The largest absolute Gasteiger partial charge is 0.409 e. The van der Waals surface area contributed by atoms with E-state index in [9.17, 15) is 0 Å². The molecular weight excluding hydrogens is 517 g/mol. The smallest absolute Gasteiger partial charge is 0.192 e. The van der Waals surface area contributed by atoms with Crippen molar-refractivity contribution < 1.29 is 18.3 Å². The van der Waals surface area contributed by atoms with Crippen molar-refractivity contribution >= 4 is 16.6 Å². The summed E-state index contributed by atoms with van der Waals surface area (Å²) >= 11 is 0. The molecule has 0 N–H and O–H groups in total. The molecule has 0 saturated heterocycles. The van der Waals surface area contributed by atoms with E-state index in [0.29, 0.717) is 13.2 Å². The van der Waals surface area contributed by atoms with Crippen LogP contribution in [-0.2, 0) is 31.5 Å². The highest BCUT2D eigenvalue weighted by Crippen LogP contribution is 2.45. The van der Waals surface area contributed by atoms with Gasteiger partial charge in [0.15, 0.2) is 16.6 Å². The van der Waals surface area contributed by atoms with Crippen LogP contribution in [0, 0.1) is 5.92 Å². The predicted octanol–water partition coefficient (Wildman–Crippen LogP) is 8.98. The van der Waals surface area contributed by atoms with Crippen LogP contribution in [0.4, 0.5) is 0 Å². The molecule has 4 nitrogen and oxygen atoms in total. The van der Waals surface area contributed by atoms with Crippen molar-refractivity contribution in [2.75, 3.05) is 0 Å². The Morgan fingerprint density at radius 1 is 0.615 bits per heavy atom. The summed E-state index contributed by atoms with van der Waals surface area (Å²) in [7, 11) is -4.30. The summed E-state index contributed by atoms with van der Waals surface area (Å²) < 4.78 is 28.1. The van der Waals surface area contributed by atoms with Crippen LogP contribution in [0.15, 0.2) is 60.7 Å². The monoisotopic (exact) mass is 570 g/mol. The molecule has 0 bridgehead atoms. The lowest BCUT2D eigenvalue weighted by molar-refractivity contribution is -0.181. The van der Waals surface area contributed by atoms with Crippen LogP contribution in [0.1, 0.15) is 66.0 Å². The molecule has 0 amide bonds. The van der Waals surface area contributed by atoms with E-state index in [-0.39, 0.29) is 40.4 Å². The Morgan fingerprint density at radius 3 is 1.46 bits per heavy atom. The second-order valence-electron chi connectivity index (χ2n) is 14.5. The minimum absolute atomic E-state index is 0.0688. The number of rotatable bonds is 10. The maximum absolute atomic E-state index is 7.30. The molecule has 1 aliphatic rings. The van der Waals surface area contributed by atoms with Gasteiger partial charge in [-0.3, -0.25) is 0 Å². The van der Waals surface area contributed by atoms with Crippen molar-refractivity contribution in [1.29, 1.82) is 0 Å². The van der Waals surface area contributed by atoms with Gasteiger partial charge in [0, 0.05) is 0 Å². The third-order valence-corrected chi connectivity index (χ3v) is 18.2. The zero-order valence-electron chi connectivity index (χ0n) is 26.4. The van der Waals surface area contributed by atoms with E-state index >= 15 is 0 Å². The third kappa shape index (κ3) is 8.37. The highest BCUT2D eigenvalue weighted by atomic mass is 28.4. The van der Waals surface area contributed by atoms with Crippen LogP contribution in [0.3, 0.4) is 0 Å². The van der Waals surface area contributed by atoms with Crippen LogP contribution in [0.5, 0.6) is 0 Å². The topological polar surface area (TPSA) is 36.9 Å². The average Bonchev–Trinajstić information content (AvgIpc) is 2.84. The highest BCUT2D eigenvalue weighted by molar-refractivity contribution is 6.74. The van der Waals surface area contributed by atoms with Crippen LogP contribution in [0.2, 0.25) is 36.3 Å². The quantitative estimate of drug-likeness (QED) is 0.267. The lowest BCUT2D eigenvalue weighted by Gasteiger charge is -2.52. The minimum Gasteiger partial charge on any atom is -0.409 e. The molecular formula is C33H54O4Si2. The van der Waals surface area contributed by atoms with Crippen LogP contribution in [0.25, 0.3) is 0 Å². The first-order valence-corrected chi connectivity index (χ1v) is 20.5. The molecule has 39 heavy (non-hydrogen) atoms. The standard InChI is InChI=1S/C33H54O4Si2/c1-25-22-28(34-23-26-18-14-12-15-19-26)30(36-38(8,9)32(2,3)4)31(37-39(10,11)33(5,6)7)29(25)35-24-27-20-16-13-17-21-27/h12-21,25,28-31H,22-24H2,1-11H3/t25-,28-,29-,30-,31-/m1/s1. The number of hydrogen-bond acceptors (Lipinski definition) is 4. The van der Waals surface area contributed by atoms with E-state index < -0.39 is 16.6 Å². The molecule has 0 radical (unpaired) electrons. The Hall–Kier alpha value is -1.29. The molecule has 1 aliphatic carbocycles. The predicted molar refractivity (Wildman–Crippen MR) is 168 cm³/mol. The van der Waals surface area contributed by atoms with Crippen molar-refractivity contribution in [2.45, 2.75) is 129 Å². The second kappa shape index (κ2) is 12.7. The van der Waals surface area contributed by atoms with Crippen molar-refractivity contribution in [2.24, 2.45) is 5.92 Å². The lowest BCUT2D eigenvalue weighted by Crippen LogP contribution is -2.63. The summed E-state index contributed by atoms with van der Waals surface area (Å²) in [6.45, 7) is 26.6. The zero-order valence-corrected chi connectivity index (χ0v) is 28.4. The van der Waals surface area contributed by atoms with Gasteiger partial charge in [0.2, 0.25) is 0 Å². The fourth-order valence-electron chi connectivity index (χ4n) is 4.63. The summed E-state index contributed by atoms with van der Waals surface area (Å²) in [5.74, 6) is 0.267. The molecule has 0 spiro atoms. The van der Waals surface area contributed by atoms with Gasteiger partial charge in [-0.1, -0.05) is 109 Å². The van der Waals surface area contributed by atoms with Crippen molar-refractivity contribution in [3.8, 4) is 0 Å². The molecule has 1 saturated carbocycles. The molecule has 0 heterocycles. The van der Waals surface area contributed by atoms with Crippen LogP contribution in [-0.4, -0.2) is 41.1 Å². The Morgan fingerprint density at radius 2 is 1.03 bits per heavy atom. The summed E-state index contributed by atoms with van der Waals surface area (Å²) in [5, 5.41) is 0.140. The summed E-state index contributed by atoms with van der Waals surface area (Å²) in [5.41, 5.74) is 2.36. The Kier molecular flexibility index (Phi) is 10.5. The molecule has 5 atom stereocenters. The first kappa shape index (κ1) is 32.2. The molecule has 2 aromatic carbocycles. The molecule has 3 rings (SSSR count). The molecule has 6 heteroatoms. The van der Waals surface area contributed by atoms with Crippen molar-refractivity contribution in [3.63, 3.8) is 0 Å². The van der Waals surface area contributed by atoms with E-state index in [4.69, 9.17) is 18.3 Å². The third-order valence-electron chi connectivity index (χ3n) is 9.24. The SMILES string of the molecule is C[C@@H]1C[C@@H](OCc2ccccc2)[C@@H](O[Si](C)(C)C(C)(C)C)[C@H](O[Si](C)(C)C(C)(C)C)[C@@H]1OCc1ccccc1. The lowest BCUT2D eigenvalue weighted by atomic mass is 9.81. The van der Waals surface area contributed by atoms with E-state index in [1.165, 1.54) is 11.1 Å². The normalized spacial score (nSPS) is 25.1. The van der Waals surface area contributed by atoms with Gasteiger partial charge in [0.25, 0.3) is 0 Å². The van der Waals surface area contributed by atoms with E-state index in [1.807, 2.05) is 12.1 Å². The highest BCUT2D eigenvalue weighted by Gasteiger charge is 2.53. The summed E-state index contributed by atoms with van der Waals surface area (Å²) in [4.78, 5) is 0. The van der Waals surface area contributed by atoms with Gasteiger partial charge in [-0.2, -0.15) is 0 Å². The van der Waals surface area contributed by atoms with Gasteiger partial charge >= 0.3 is 0 Å². The van der Waals surface area contributed by atoms with E-state index in [0.717, 1.165) is 6.42 Å². The fraction of sp³-hybridized carbons (Fsp3) is 0.636. The molecule has 0 unspecified atom stereocenters. The van der Waals surface area contributed by atoms with Gasteiger partial charge < -0.3 is 18.3 Å². The molecule has 0 aliphatic heterocycles. The van der Waals surface area contributed by atoms with Gasteiger partial charge in [0.05, 0.1) is 37.6 Å². The fourth-order valence-corrected chi connectivity index (χ4v) is 7.26. The van der Waals surface area contributed by atoms with E-state index in [1.54, 1.807) is 0 Å². The van der Waals surface area contributed by atoms with Crippen molar-refractivity contribution in [3.05, 3.63) is 71.8 Å². The number of hydrogen-bond donors (Lipinski definition) is 0. The number of benzene rings is 2. The minimum atomic E-state index is -2.15. The van der Waals surface area contributed by atoms with Gasteiger partial charge in [-0.05, 0) is 59.7 Å². The second-order valence-corrected chi connectivity index (χ2v) is 24.0. The molecule has 1 fully saturated rings. The van der Waals surface area contributed by atoms with Gasteiger partial charge in [-0.25, -0.2) is 0 Å². The Balaban J connectivity index is 2.00. The van der Waals surface area contributed by atoms with Gasteiger partial charge in [0.1, 0.15) is 0 Å². The van der Waals surface area contributed by atoms with E-state index in [2.05, 4.69) is 123 Å². The maximum atomic E-state index is 7.30. The average molecular weight is 571 g/mol. The zero-order chi connectivity index (χ0) is 29.1. The Bertz CT molecular complexity index is 1010. The first-order valence-electron chi connectivity index (χ1n) is 14.7. The van der Waals surface area contributed by atoms with Crippen LogP contribution < -0.4 is 0 Å². The van der Waals surface area contributed by atoms with Crippen molar-refractivity contribution in [1.82, 2.24) is 0 Å². The first-order chi connectivity index (χ1) is 18.0. The summed E-state index contributed by atoms with van der Waals surface area (Å²) in [6, 6.07) is 20.9. The Labute approximate surface area is 241 Å². The molecule has 2 aromatic rings. The van der Waals surface area contributed by atoms with Crippen LogP contribution >= 0.6 is 0 Å². The molecule has 0 aromatic heterocycles. The maximum Gasteiger partial charge on any atom is 0.192 e. The van der Waals surface area contributed by atoms with Gasteiger partial charge in [-0.15, -0.1) is 0 Å². The number of ether oxygens (including phenoxy) is 2. The molecule has 218 valence electrons.